The van der Waals surface area contributed by atoms with E-state index in [0.29, 0.717) is 6.54 Å². The maximum absolute atomic E-state index is 12.4. The highest BCUT2D eigenvalue weighted by atomic mass is 16.2. The minimum absolute atomic E-state index is 0.00294. The third-order valence-electron chi connectivity index (χ3n) is 4.91. The van der Waals surface area contributed by atoms with Gasteiger partial charge in [-0.3, -0.25) is 4.79 Å². The zero-order chi connectivity index (χ0) is 16.8. The summed E-state index contributed by atoms with van der Waals surface area (Å²) < 4.78 is 0. The number of benzene rings is 2. The van der Waals surface area contributed by atoms with E-state index in [4.69, 9.17) is 0 Å². The molecule has 4 nitrogen and oxygen atoms in total. The van der Waals surface area contributed by atoms with Crippen molar-refractivity contribution in [3.8, 4) is 0 Å². The van der Waals surface area contributed by atoms with Gasteiger partial charge in [0.25, 0.3) is 5.91 Å². The summed E-state index contributed by atoms with van der Waals surface area (Å²) in [6.45, 7) is 4.76. The molecule has 1 unspecified atom stereocenters. The molecule has 0 saturated carbocycles. The lowest BCUT2D eigenvalue weighted by Crippen LogP contribution is -2.24. The van der Waals surface area contributed by atoms with Crippen molar-refractivity contribution in [2.24, 2.45) is 0 Å². The molecule has 2 aromatic carbocycles. The van der Waals surface area contributed by atoms with Crippen LogP contribution in [0.3, 0.4) is 0 Å². The Morgan fingerprint density at radius 1 is 1.04 bits per heavy atom. The van der Waals surface area contributed by atoms with Gasteiger partial charge in [-0.05, 0) is 42.7 Å². The van der Waals surface area contributed by atoms with E-state index in [-0.39, 0.29) is 11.9 Å². The smallest absolute Gasteiger partial charge is 0.251 e. The van der Waals surface area contributed by atoms with E-state index >= 15 is 0 Å². The van der Waals surface area contributed by atoms with E-state index in [0.717, 1.165) is 28.2 Å². The number of amides is 1. The fourth-order valence-electron chi connectivity index (χ4n) is 3.35. The van der Waals surface area contributed by atoms with Crippen LogP contribution in [0.4, 0.5) is 11.4 Å². The van der Waals surface area contributed by atoms with Crippen molar-refractivity contribution in [1.82, 2.24) is 5.32 Å². The van der Waals surface area contributed by atoms with Crippen molar-refractivity contribution in [3.05, 3.63) is 64.4 Å². The third kappa shape index (κ3) is 2.37. The molecule has 2 heterocycles. The minimum atomic E-state index is -0.154. The summed E-state index contributed by atoms with van der Waals surface area (Å²) in [5.74, 6) is -0.00294. The van der Waals surface area contributed by atoms with E-state index in [1.54, 1.807) is 0 Å². The first-order chi connectivity index (χ1) is 11.5. The van der Waals surface area contributed by atoms with Crippen LogP contribution < -0.4 is 21.4 Å². The molecule has 0 saturated heterocycles. The lowest BCUT2D eigenvalue weighted by molar-refractivity contribution is -0.116. The van der Waals surface area contributed by atoms with E-state index in [9.17, 15) is 4.79 Å². The standard InChI is InChI=1S/C19H20BN3O/c1-10-7-14-15(8-11(10)2)23-18(12-3-5-13(20)6-4-12)17-16(22-14)9-21-19(17)24/h3-8,18,22-23H,9,20H2,1-2H3,(H,21,24). The van der Waals surface area contributed by atoms with Gasteiger partial charge in [-0.25, -0.2) is 0 Å². The second kappa shape index (κ2) is 5.44. The maximum Gasteiger partial charge on any atom is 0.251 e. The fourth-order valence-corrected chi connectivity index (χ4v) is 3.35. The number of fused-ring (bicyclic) bond motifs is 1. The van der Waals surface area contributed by atoms with Gasteiger partial charge in [-0.2, -0.15) is 0 Å². The number of aryl methyl sites for hydroxylation is 2. The van der Waals surface area contributed by atoms with Crippen molar-refractivity contribution >= 4 is 30.6 Å². The molecule has 0 fully saturated rings. The van der Waals surface area contributed by atoms with Gasteiger partial charge in [0.15, 0.2) is 0 Å². The summed E-state index contributed by atoms with van der Waals surface area (Å²) in [6.07, 6.45) is 0. The number of rotatable bonds is 1. The molecule has 1 amide bonds. The molecular formula is C19H20BN3O. The average Bonchev–Trinajstić information content (AvgIpc) is 2.82. The molecule has 0 aromatic heterocycles. The first kappa shape index (κ1) is 14.9. The Bertz CT molecular complexity index is 871. The molecule has 24 heavy (non-hydrogen) atoms. The highest BCUT2D eigenvalue weighted by Crippen LogP contribution is 2.38. The van der Waals surface area contributed by atoms with E-state index in [2.05, 4.69) is 74.0 Å². The van der Waals surface area contributed by atoms with Crippen LogP contribution >= 0.6 is 0 Å². The number of hydrogen-bond acceptors (Lipinski definition) is 3. The topological polar surface area (TPSA) is 53.2 Å². The van der Waals surface area contributed by atoms with Gasteiger partial charge < -0.3 is 16.0 Å². The molecule has 5 heteroatoms. The second-order valence-corrected chi connectivity index (χ2v) is 6.67. The molecule has 0 bridgehead atoms. The van der Waals surface area contributed by atoms with Gasteiger partial charge in [0.05, 0.1) is 29.5 Å². The summed E-state index contributed by atoms with van der Waals surface area (Å²) in [6, 6.07) is 12.5. The van der Waals surface area contributed by atoms with Gasteiger partial charge in [0.1, 0.15) is 7.85 Å². The third-order valence-corrected chi connectivity index (χ3v) is 4.91. The first-order valence-corrected chi connectivity index (χ1v) is 8.25. The first-order valence-electron chi connectivity index (χ1n) is 8.25. The Labute approximate surface area is 142 Å². The zero-order valence-corrected chi connectivity index (χ0v) is 14.2. The number of carbonyl (C=O) groups is 1. The van der Waals surface area contributed by atoms with Crippen LogP contribution in [0.2, 0.25) is 0 Å². The number of hydrogen-bond donors (Lipinski definition) is 3. The van der Waals surface area contributed by atoms with Crippen LogP contribution in [-0.2, 0) is 4.79 Å². The maximum atomic E-state index is 12.4. The largest absolute Gasteiger partial charge is 0.372 e. The Hall–Kier alpha value is -2.69. The van der Waals surface area contributed by atoms with Crippen LogP contribution in [0.5, 0.6) is 0 Å². The highest BCUT2D eigenvalue weighted by molar-refractivity contribution is 6.32. The van der Waals surface area contributed by atoms with Crippen LogP contribution in [0, 0.1) is 13.8 Å². The molecule has 0 radical (unpaired) electrons. The summed E-state index contributed by atoms with van der Waals surface area (Å²) in [5, 5.41) is 9.99. The second-order valence-electron chi connectivity index (χ2n) is 6.67. The molecule has 1 atom stereocenters. The predicted octanol–water partition coefficient (Wildman–Crippen LogP) is 1.52. The van der Waals surface area contributed by atoms with Crippen molar-refractivity contribution in [3.63, 3.8) is 0 Å². The Balaban J connectivity index is 1.86. The Kier molecular flexibility index (Phi) is 3.37. The van der Waals surface area contributed by atoms with Crippen molar-refractivity contribution in [2.75, 3.05) is 17.2 Å². The lowest BCUT2D eigenvalue weighted by atomic mass is 9.91. The SMILES string of the molecule is Bc1ccc(C2Nc3cc(C)c(C)cc3NC3=C2C(=O)NC3)cc1. The number of anilines is 2. The monoisotopic (exact) mass is 317 g/mol. The Morgan fingerprint density at radius 2 is 1.71 bits per heavy atom. The summed E-state index contributed by atoms with van der Waals surface area (Å²) in [4.78, 5) is 12.4. The van der Waals surface area contributed by atoms with E-state index in [1.165, 1.54) is 16.6 Å². The lowest BCUT2D eigenvalue weighted by Gasteiger charge is -2.21. The van der Waals surface area contributed by atoms with E-state index < -0.39 is 0 Å². The molecule has 2 aliphatic rings. The van der Waals surface area contributed by atoms with Crippen LogP contribution in [0.25, 0.3) is 0 Å². The van der Waals surface area contributed by atoms with Crippen molar-refractivity contribution in [2.45, 2.75) is 19.9 Å². The van der Waals surface area contributed by atoms with Gasteiger partial charge in [0.2, 0.25) is 0 Å². The predicted molar refractivity (Wildman–Crippen MR) is 101 cm³/mol. The molecule has 0 aliphatic carbocycles. The molecule has 4 rings (SSSR count). The molecular weight excluding hydrogens is 297 g/mol. The Morgan fingerprint density at radius 3 is 2.42 bits per heavy atom. The summed E-state index contributed by atoms with van der Waals surface area (Å²) in [7, 11) is 2.07. The van der Waals surface area contributed by atoms with E-state index in [1.807, 2.05) is 0 Å². The molecule has 0 spiro atoms. The van der Waals surface area contributed by atoms with Crippen molar-refractivity contribution in [1.29, 1.82) is 0 Å². The number of nitrogens with one attached hydrogen (secondary N) is 3. The molecule has 2 aliphatic heterocycles. The molecule has 3 N–H and O–H groups in total. The molecule has 120 valence electrons. The summed E-state index contributed by atoms with van der Waals surface area (Å²) in [5.41, 5.74) is 8.57. The fraction of sp³-hybridized carbons (Fsp3) is 0.211. The van der Waals surface area contributed by atoms with Gasteiger partial charge in [-0.15, -0.1) is 0 Å². The quantitative estimate of drug-likeness (QED) is 0.699. The number of carbonyl (C=O) groups excluding carboxylic acids is 1. The summed E-state index contributed by atoms with van der Waals surface area (Å²) >= 11 is 0. The highest BCUT2D eigenvalue weighted by Gasteiger charge is 2.33. The van der Waals surface area contributed by atoms with Crippen LogP contribution in [0.1, 0.15) is 22.7 Å². The van der Waals surface area contributed by atoms with Gasteiger partial charge in [0, 0.05) is 5.70 Å². The minimum Gasteiger partial charge on any atom is -0.372 e. The van der Waals surface area contributed by atoms with Crippen molar-refractivity contribution < 1.29 is 4.79 Å². The zero-order valence-electron chi connectivity index (χ0n) is 14.2. The normalized spacial score (nSPS) is 18.9. The van der Waals surface area contributed by atoms with Crippen LogP contribution in [-0.4, -0.2) is 20.3 Å². The van der Waals surface area contributed by atoms with Crippen LogP contribution in [0.15, 0.2) is 47.7 Å². The molecule has 2 aromatic rings. The van der Waals surface area contributed by atoms with Gasteiger partial charge >= 0.3 is 0 Å². The van der Waals surface area contributed by atoms with Gasteiger partial charge in [-0.1, -0.05) is 29.7 Å². The average molecular weight is 317 g/mol.